The first-order valence-electron chi connectivity index (χ1n) is 10.1. The van der Waals surface area contributed by atoms with Crippen molar-refractivity contribution in [2.75, 3.05) is 19.6 Å². The second-order valence-corrected chi connectivity index (χ2v) is 8.41. The number of carbonyl (C=O) groups excluding carboxylic acids is 2. The highest BCUT2D eigenvalue weighted by Crippen LogP contribution is 2.33. The van der Waals surface area contributed by atoms with Crippen molar-refractivity contribution in [2.24, 2.45) is 11.0 Å². The van der Waals surface area contributed by atoms with Crippen LogP contribution in [0.4, 0.5) is 0 Å². The number of halogens is 1. The molecular formula is C22H25ClN4O3. The van der Waals surface area contributed by atoms with Crippen LogP contribution in [0.25, 0.3) is 0 Å². The number of nitrogens with zero attached hydrogens (tertiary/aromatic N) is 3. The van der Waals surface area contributed by atoms with Crippen LogP contribution >= 0.6 is 11.6 Å². The fraction of sp³-hybridized carbons (Fsp3) is 0.409. The molecule has 4 rings (SSSR count). The molecule has 1 fully saturated rings. The zero-order valence-corrected chi connectivity index (χ0v) is 17.8. The third-order valence-corrected chi connectivity index (χ3v) is 5.80. The molecule has 0 bridgehead atoms. The van der Waals surface area contributed by atoms with Gasteiger partial charge in [-0.1, -0.05) is 37.6 Å². The number of piperazine rings is 1. The van der Waals surface area contributed by atoms with Crippen LogP contribution in [-0.2, 0) is 9.59 Å². The molecule has 2 aliphatic heterocycles. The summed E-state index contributed by atoms with van der Waals surface area (Å²) >= 11 is 6.01. The van der Waals surface area contributed by atoms with Crippen LogP contribution < -0.4 is 5.32 Å². The summed E-state index contributed by atoms with van der Waals surface area (Å²) in [6.45, 7) is 5.28. The van der Waals surface area contributed by atoms with Crippen LogP contribution in [0.2, 0.25) is 5.02 Å². The van der Waals surface area contributed by atoms with Crippen molar-refractivity contribution in [3.05, 3.63) is 59.0 Å². The normalized spacial score (nSPS) is 22.3. The van der Waals surface area contributed by atoms with E-state index in [4.69, 9.17) is 16.0 Å². The minimum atomic E-state index is -0.327. The van der Waals surface area contributed by atoms with Gasteiger partial charge in [-0.15, -0.1) is 0 Å². The van der Waals surface area contributed by atoms with E-state index in [0.29, 0.717) is 30.3 Å². The van der Waals surface area contributed by atoms with E-state index >= 15 is 0 Å². The predicted molar refractivity (Wildman–Crippen MR) is 114 cm³/mol. The smallest absolute Gasteiger partial charge is 0.257 e. The molecule has 2 unspecified atom stereocenters. The molecule has 0 radical (unpaired) electrons. The first kappa shape index (κ1) is 20.6. The minimum Gasteiger partial charge on any atom is -0.467 e. The molecule has 1 saturated heterocycles. The highest BCUT2D eigenvalue weighted by Gasteiger charge is 2.38. The second kappa shape index (κ2) is 8.62. The minimum absolute atomic E-state index is 0.0292. The van der Waals surface area contributed by atoms with Crippen LogP contribution in [0.1, 0.15) is 37.6 Å². The molecule has 2 atom stereocenters. The van der Waals surface area contributed by atoms with Crippen LogP contribution in [-0.4, -0.2) is 53.1 Å². The maximum atomic E-state index is 13.3. The van der Waals surface area contributed by atoms with Gasteiger partial charge in [0.05, 0.1) is 24.6 Å². The Morgan fingerprint density at radius 2 is 2.07 bits per heavy atom. The molecular weight excluding hydrogens is 404 g/mol. The van der Waals surface area contributed by atoms with Crippen LogP contribution in [0.3, 0.4) is 0 Å². The van der Waals surface area contributed by atoms with Gasteiger partial charge < -0.3 is 9.73 Å². The van der Waals surface area contributed by atoms with Crippen molar-refractivity contribution in [1.29, 1.82) is 0 Å². The molecule has 1 aromatic carbocycles. The van der Waals surface area contributed by atoms with E-state index in [2.05, 4.69) is 10.4 Å². The lowest BCUT2D eigenvalue weighted by Crippen LogP contribution is -2.59. The van der Waals surface area contributed by atoms with E-state index < -0.39 is 0 Å². The SMILES string of the molecule is CC(C)C1C(=O)NCCN1CC(=O)N1N=C(c2ccc(Cl)cc2)CC1c1ccco1. The Morgan fingerprint density at radius 1 is 1.30 bits per heavy atom. The van der Waals surface area contributed by atoms with E-state index in [1.165, 1.54) is 5.01 Å². The van der Waals surface area contributed by atoms with Crippen molar-refractivity contribution in [1.82, 2.24) is 15.2 Å². The lowest BCUT2D eigenvalue weighted by Gasteiger charge is -2.37. The second-order valence-electron chi connectivity index (χ2n) is 7.98. The highest BCUT2D eigenvalue weighted by atomic mass is 35.5. The molecule has 30 heavy (non-hydrogen) atoms. The number of rotatable bonds is 5. The quantitative estimate of drug-likeness (QED) is 0.793. The highest BCUT2D eigenvalue weighted by molar-refractivity contribution is 6.30. The van der Waals surface area contributed by atoms with Crippen LogP contribution in [0.5, 0.6) is 0 Å². The Balaban J connectivity index is 1.59. The first-order valence-corrected chi connectivity index (χ1v) is 10.5. The summed E-state index contributed by atoms with van der Waals surface area (Å²) in [5.74, 6) is 0.609. The van der Waals surface area contributed by atoms with E-state index in [1.54, 1.807) is 6.26 Å². The predicted octanol–water partition coefficient (Wildman–Crippen LogP) is 3.07. The molecule has 3 heterocycles. The van der Waals surface area contributed by atoms with Gasteiger partial charge in [0.25, 0.3) is 5.91 Å². The summed E-state index contributed by atoms with van der Waals surface area (Å²) in [5, 5.41) is 9.70. The largest absolute Gasteiger partial charge is 0.467 e. The maximum absolute atomic E-state index is 13.3. The summed E-state index contributed by atoms with van der Waals surface area (Å²) in [4.78, 5) is 27.6. The van der Waals surface area contributed by atoms with Crippen molar-refractivity contribution < 1.29 is 14.0 Å². The number of carbonyl (C=O) groups is 2. The number of hydrogen-bond acceptors (Lipinski definition) is 5. The summed E-state index contributed by atoms with van der Waals surface area (Å²) in [6, 6.07) is 10.5. The van der Waals surface area contributed by atoms with Gasteiger partial charge in [-0.2, -0.15) is 5.10 Å². The van der Waals surface area contributed by atoms with Gasteiger partial charge in [0.2, 0.25) is 5.91 Å². The number of furan rings is 1. The molecule has 1 aromatic heterocycles. The lowest BCUT2D eigenvalue weighted by atomic mass is 9.99. The average Bonchev–Trinajstić information content (AvgIpc) is 3.38. The van der Waals surface area contributed by atoms with Crippen molar-refractivity contribution in [3.8, 4) is 0 Å². The summed E-state index contributed by atoms with van der Waals surface area (Å²) < 4.78 is 5.60. The number of benzene rings is 1. The van der Waals surface area contributed by atoms with Gasteiger partial charge in [0, 0.05) is 24.5 Å². The molecule has 7 nitrogen and oxygen atoms in total. The molecule has 2 aliphatic rings. The summed E-state index contributed by atoms with van der Waals surface area (Å²) in [6.07, 6.45) is 2.15. The molecule has 8 heteroatoms. The van der Waals surface area contributed by atoms with Crippen molar-refractivity contribution in [2.45, 2.75) is 32.4 Å². The zero-order chi connectivity index (χ0) is 21.3. The van der Waals surface area contributed by atoms with Gasteiger partial charge in [0.1, 0.15) is 11.8 Å². The van der Waals surface area contributed by atoms with Gasteiger partial charge in [-0.3, -0.25) is 14.5 Å². The molecule has 0 saturated carbocycles. The third-order valence-electron chi connectivity index (χ3n) is 5.55. The Labute approximate surface area is 180 Å². The Morgan fingerprint density at radius 3 is 2.73 bits per heavy atom. The standard InChI is InChI=1S/C22H25ClN4O3/c1-14(2)21-22(29)24-9-10-26(21)13-20(28)27-18(19-4-3-11-30-19)12-17(25-27)15-5-7-16(23)8-6-15/h3-8,11,14,18,21H,9-10,12-13H2,1-2H3,(H,24,29). The van der Waals surface area contributed by atoms with Crippen LogP contribution in [0, 0.1) is 5.92 Å². The van der Waals surface area contributed by atoms with Crippen LogP contribution in [0.15, 0.2) is 52.2 Å². The van der Waals surface area contributed by atoms with Crippen molar-refractivity contribution in [3.63, 3.8) is 0 Å². The zero-order valence-electron chi connectivity index (χ0n) is 17.0. The molecule has 0 aliphatic carbocycles. The van der Waals surface area contributed by atoms with E-state index in [0.717, 1.165) is 11.3 Å². The fourth-order valence-corrected chi connectivity index (χ4v) is 4.27. The monoisotopic (exact) mass is 428 g/mol. The molecule has 1 N–H and O–H groups in total. The number of hydrogen-bond donors (Lipinski definition) is 1. The van der Waals surface area contributed by atoms with Crippen molar-refractivity contribution >= 4 is 29.1 Å². The molecule has 2 amide bonds. The topological polar surface area (TPSA) is 78.2 Å². The van der Waals surface area contributed by atoms with Gasteiger partial charge in [-0.05, 0) is 35.7 Å². The Bertz CT molecular complexity index is 940. The number of nitrogens with one attached hydrogen (secondary N) is 1. The van der Waals surface area contributed by atoms with Gasteiger partial charge in [-0.25, -0.2) is 5.01 Å². The molecule has 158 valence electrons. The lowest BCUT2D eigenvalue weighted by molar-refractivity contribution is -0.139. The third kappa shape index (κ3) is 4.13. The molecule has 0 spiro atoms. The van der Waals surface area contributed by atoms with E-state index in [1.807, 2.05) is 55.1 Å². The fourth-order valence-electron chi connectivity index (χ4n) is 4.14. The molecule has 2 aromatic rings. The van der Waals surface area contributed by atoms with E-state index in [9.17, 15) is 9.59 Å². The maximum Gasteiger partial charge on any atom is 0.257 e. The Kier molecular flexibility index (Phi) is 5.92. The Hall–Kier alpha value is -2.64. The first-order chi connectivity index (χ1) is 14.4. The number of amides is 2. The average molecular weight is 429 g/mol. The summed E-state index contributed by atoms with van der Waals surface area (Å²) in [5.41, 5.74) is 1.72. The number of hydrazone groups is 1. The van der Waals surface area contributed by atoms with Gasteiger partial charge in [0.15, 0.2) is 0 Å². The van der Waals surface area contributed by atoms with Gasteiger partial charge >= 0.3 is 0 Å². The summed E-state index contributed by atoms with van der Waals surface area (Å²) in [7, 11) is 0. The van der Waals surface area contributed by atoms with E-state index in [-0.39, 0.29) is 36.4 Å².